The number of carboxylic acids is 9. The lowest BCUT2D eigenvalue weighted by Gasteiger charge is -2.11. The Kier molecular flexibility index (Phi) is 62.4. The molecule has 2 aliphatic rings. The van der Waals surface area contributed by atoms with Crippen LogP contribution in [0.5, 0.6) is 0 Å². The Morgan fingerprint density at radius 3 is 1.14 bits per heavy atom. The first-order chi connectivity index (χ1) is 42.4. The van der Waals surface area contributed by atoms with Crippen LogP contribution in [-0.2, 0) is 79.8 Å². The fraction of sp³-hybridized carbons (Fsp3) is 0.633. The zero-order valence-electron chi connectivity index (χ0n) is 50.4. The quantitative estimate of drug-likeness (QED) is 0.0180. The van der Waals surface area contributed by atoms with Gasteiger partial charge in [-0.05, 0) is 70.5 Å². The van der Waals surface area contributed by atoms with Crippen LogP contribution in [0.1, 0.15) is 76.6 Å². The second-order valence-electron chi connectivity index (χ2n) is 18.5. The molecule has 526 valence electrons. The molecule has 2 aromatic heterocycles. The largest absolute Gasteiger partial charge is 0.480 e. The molecular formula is C49H95N17O23S2. The Balaban J connectivity index is -0.000000225. The van der Waals surface area contributed by atoms with Gasteiger partial charge in [0, 0.05) is 36.7 Å². The molecule has 2 saturated heterocycles. The molecule has 91 heavy (non-hydrogen) atoms. The van der Waals surface area contributed by atoms with E-state index in [0.717, 1.165) is 51.6 Å². The summed E-state index contributed by atoms with van der Waals surface area (Å²) in [6, 6.07) is -6.68. The van der Waals surface area contributed by atoms with Gasteiger partial charge in [0.05, 0.1) is 43.7 Å². The molecule has 42 heteroatoms. The molecule has 0 spiro atoms. The van der Waals surface area contributed by atoms with Gasteiger partial charge in [0.15, 0.2) is 0 Å². The maximum atomic E-state index is 11.4. The Hall–Kier alpha value is -7.56. The predicted molar refractivity (Wildman–Crippen MR) is 330 cm³/mol. The number of hydrogen-bond acceptors (Lipinski definition) is 31. The molecule has 35 N–H and O–H groups in total. The van der Waals surface area contributed by atoms with Crippen molar-refractivity contribution in [3.8, 4) is 0 Å². The van der Waals surface area contributed by atoms with Gasteiger partial charge in [-0.15, -0.1) is 0 Å². The molecule has 2 aromatic rings. The summed E-state index contributed by atoms with van der Waals surface area (Å²) in [4.78, 5) is 135. The zero-order valence-corrected chi connectivity index (χ0v) is 52.2. The van der Waals surface area contributed by atoms with E-state index in [9.17, 15) is 57.5 Å². The first-order valence-corrected chi connectivity index (χ1v) is 28.3. The van der Waals surface area contributed by atoms with Crippen molar-refractivity contribution in [2.75, 3.05) is 57.4 Å². The third-order valence-corrected chi connectivity index (χ3v) is 10.9. The normalized spacial score (nSPS) is 15.3. The molecule has 0 aliphatic carbocycles. The van der Waals surface area contributed by atoms with Crippen molar-refractivity contribution in [1.29, 1.82) is 0 Å². The molecule has 4 heterocycles. The van der Waals surface area contributed by atoms with E-state index in [1.54, 1.807) is 12.4 Å². The van der Waals surface area contributed by atoms with Crippen molar-refractivity contribution in [3.63, 3.8) is 0 Å². The number of carboxylic acid groups (broad SMARTS) is 9. The summed E-state index contributed by atoms with van der Waals surface area (Å²) >= 11 is 7.47. The van der Waals surface area contributed by atoms with E-state index >= 15 is 0 Å². The van der Waals surface area contributed by atoms with E-state index in [0.29, 0.717) is 36.7 Å². The van der Waals surface area contributed by atoms with Crippen LogP contribution in [0.15, 0.2) is 25.0 Å². The number of imidazole rings is 2. The number of aromatic amines is 2. The van der Waals surface area contributed by atoms with Crippen LogP contribution in [-0.4, -0.2) is 249 Å². The molecule has 9 atom stereocenters. The molecule has 0 unspecified atom stereocenters. The van der Waals surface area contributed by atoms with Crippen molar-refractivity contribution < 1.29 is 113 Å². The van der Waals surface area contributed by atoms with Crippen LogP contribution in [0.3, 0.4) is 0 Å². The fourth-order valence-corrected chi connectivity index (χ4v) is 5.48. The zero-order chi connectivity index (χ0) is 71.8. The highest BCUT2D eigenvalue weighted by molar-refractivity contribution is 7.80. The third-order valence-electron chi connectivity index (χ3n) is 10.1. The maximum Gasteiger partial charge on any atom is 0.331 e. The predicted octanol–water partition coefficient (Wildman–Crippen LogP) is -7.12. The Bertz CT molecular complexity index is 2280. The number of rotatable bonds is 26. The molecular weight excluding hydrogens is 1260 g/mol. The number of nitrogens with zero attached hydrogens (tertiary/aromatic N) is 2. The summed E-state index contributed by atoms with van der Waals surface area (Å²) in [7, 11) is 0. The highest BCUT2D eigenvalue weighted by Gasteiger charge is 2.24. The van der Waals surface area contributed by atoms with Gasteiger partial charge in [0.2, 0.25) is 0 Å². The van der Waals surface area contributed by atoms with E-state index in [-0.39, 0.29) is 62.7 Å². The summed E-state index contributed by atoms with van der Waals surface area (Å²) in [6.45, 7) is 5.05. The van der Waals surface area contributed by atoms with Gasteiger partial charge in [0.1, 0.15) is 61.0 Å². The summed E-state index contributed by atoms with van der Waals surface area (Å²) in [5, 5.41) is 78.9. The average Bonchev–Trinajstić information content (AvgIpc) is 4.53. The highest BCUT2D eigenvalue weighted by atomic mass is 32.1. The number of unbranched alkanes of at least 4 members (excludes halogenated alkanes) is 1. The number of H-pyrrole nitrogens is 2. The molecule has 0 saturated carbocycles. The Morgan fingerprint density at radius 2 is 0.901 bits per heavy atom. The van der Waals surface area contributed by atoms with Crippen LogP contribution in [0.4, 0.5) is 0 Å². The van der Waals surface area contributed by atoms with Crippen molar-refractivity contribution >= 4 is 96.9 Å². The molecule has 2 fully saturated rings. The molecule has 0 amide bonds. The molecule has 2 aliphatic heterocycles. The van der Waals surface area contributed by atoms with Gasteiger partial charge in [-0.3, -0.25) is 47.9 Å². The average molecular weight is 1350 g/mol. The van der Waals surface area contributed by atoms with Crippen LogP contribution in [0.25, 0.3) is 0 Å². The summed E-state index contributed by atoms with van der Waals surface area (Å²) in [5.41, 5.74) is 57.0. The van der Waals surface area contributed by atoms with Crippen LogP contribution >= 0.6 is 25.3 Å². The number of aromatic nitrogens is 4. The number of carbonyl (C=O) groups is 12. The second-order valence-corrected chi connectivity index (χ2v) is 19.3. The third kappa shape index (κ3) is 62.4. The number of nitrogens with two attached hydrogens (primary N) is 11. The molecule has 0 bridgehead atoms. The van der Waals surface area contributed by atoms with Crippen molar-refractivity contribution in [2.45, 2.75) is 132 Å². The molecule has 40 nitrogen and oxygen atoms in total. The van der Waals surface area contributed by atoms with Gasteiger partial charge in [-0.1, -0.05) is 20.3 Å². The Morgan fingerprint density at radius 1 is 0.527 bits per heavy atom. The van der Waals surface area contributed by atoms with Gasteiger partial charge in [-0.25, -0.2) is 19.6 Å². The molecule has 0 aromatic carbocycles. The number of thiol groups is 2. The van der Waals surface area contributed by atoms with Crippen LogP contribution in [0, 0.1) is 5.92 Å². The minimum atomic E-state index is -1.21. The highest BCUT2D eigenvalue weighted by Crippen LogP contribution is 2.05. The van der Waals surface area contributed by atoms with Gasteiger partial charge in [-0.2, -0.15) is 25.3 Å². The first kappa shape index (κ1) is 94.6. The second kappa shape index (κ2) is 60.0. The number of carbonyl (C=O) groups excluding carboxylic acids is 3. The monoisotopic (exact) mass is 1350 g/mol. The minimum absolute atomic E-state index is 0.0979. The smallest absolute Gasteiger partial charge is 0.331 e. The molecule has 0 radical (unpaired) electrons. The van der Waals surface area contributed by atoms with Crippen molar-refractivity contribution in [3.05, 3.63) is 36.4 Å². The number of ether oxygens (including phenoxy) is 2. The lowest BCUT2D eigenvalue weighted by atomic mass is 10.1. The van der Waals surface area contributed by atoms with Crippen LogP contribution in [0.2, 0.25) is 0 Å². The summed E-state index contributed by atoms with van der Waals surface area (Å²) in [6.07, 6.45) is 12.9. The van der Waals surface area contributed by atoms with Crippen molar-refractivity contribution in [2.24, 2.45) is 69.0 Å². The number of esters is 3. The van der Waals surface area contributed by atoms with E-state index in [2.05, 4.69) is 76.8 Å². The van der Waals surface area contributed by atoms with Gasteiger partial charge < -0.3 is 139 Å². The number of nitrogens with one attached hydrogen (secondary N) is 4. The van der Waals surface area contributed by atoms with E-state index in [1.165, 1.54) is 12.7 Å². The lowest BCUT2D eigenvalue weighted by Crippen LogP contribution is -2.41. The van der Waals surface area contributed by atoms with Crippen molar-refractivity contribution in [1.82, 2.24) is 30.6 Å². The Labute approximate surface area is 534 Å². The van der Waals surface area contributed by atoms with Gasteiger partial charge in [0.25, 0.3) is 0 Å². The van der Waals surface area contributed by atoms with E-state index in [4.69, 9.17) is 97.6 Å². The van der Waals surface area contributed by atoms with Gasteiger partial charge >= 0.3 is 71.6 Å². The number of aliphatic carboxylic acids is 9. The first-order valence-electron chi connectivity index (χ1n) is 27.0. The van der Waals surface area contributed by atoms with E-state index < -0.39 is 114 Å². The number of hydrogen-bond donors (Lipinski definition) is 26. The maximum absolute atomic E-state index is 11.4. The fourth-order valence-electron chi connectivity index (χ4n) is 5.17. The minimum Gasteiger partial charge on any atom is -0.480 e. The standard InChI is InChI=1S/C9H14N4O3S.C6H9N3O2.C6H14N2O2.C6H13NO2.C5H10N2O4.2C5H9NO2.C3H7NO2S.2C2H5NO2/c10-6(1-5-2-12-4-13-5)8(14)16-9(15)7(11)3-17;7-5(6(10)11)1-4-2-8-3-9-4;7-4-2-1-3-5(8)6(9)10;1-4(2)3-5(7)6(8)9;6-1-4(8)11-2-3(7)5(9)10;2*7-5(8)4-2-1-3-6-4;4-2(1-7)3(5)6;2*3-1-2(4)5/h2,4,6-7,17H,1,3,10-11H2,(H,12,13);2-3,5H,1,7H2,(H,8,9)(H,10,11);5H,1-4,7-8H2,(H,9,10);4-5H,3,7H2,1-2H3,(H,8,9);3H,1-2,6-7H2,(H,9,10);2*4,6H,1-3H2,(H,7,8);2,7H,1,4H2,(H,5,6);2*1,3H2,(H,4,5)/t6-,7-;3*5-;3-;2*4-;2-;;/m00000000../s1. The lowest BCUT2D eigenvalue weighted by molar-refractivity contribution is -0.161. The summed E-state index contributed by atoms with van der Waals surface area (Å²) in [5.74, 6) is -10.1. The SMILES string of the molecule is CC(C)C[C@H](N)C(=O)O.NCC(=O)O.NCC(=O)O.NCC(=O)OC[C@H](N)C(=O)O.NCCCC[C@H](N)C(=O)O.N[C@@H](CS)C(=O)O.N[C@@H](CS)C(=O)OC(=O)[C@@H](N)Cc1c[nH]cn1.N[C@@H](Cc1c[nH]cn1)C(=O)O.O=C(O)[C@@H]1CCCN1.O=C(O)[C@@H]1CCCN1. The van der Waals surface area contributed by atoms with E-state index in [1.807, 2.05) is 13.8 Å². The summed E-state index contributed by atoms with van der Waals surface area (Å²) < 4.78 is 8.84. The topological polar surface area (TPSA) is 773 Å². The molecule has 4 rings (SSSR count). The van der Waals surface area contributed by atoms with Crippen LogP contribution < -0.4 is 73.7 Å².